The normalized spacial score (nSPS) is 12.0. The number of carboxylic acid groups (broad SMARTS) is 2. The van der Waals surface area contributed by atoms with Crippen molar-refractivity contribution >= 4 is 29.4 Å². The molecule has 0 aliphatic carbocycles. The van der Waals surface area contributed by atoms with E-state index < -0.39 is 23.8 Å². The van der Waals surface area contributed by atoms with Gasteiger partial charge in [0.1, 0.15) is 0 Å². The Morgan fingerprint density at radius 3 is 2.04 bits per heavy atom. The lowest BCUT2D eigenvalue weighted by atomic mass is 10.0. The van der Waals surface area contributed by atoms with Crippen molar-refractivity contribution in [2.75, 3.05) is 4.90 Å². The maximum Gasteiger partial charge on any atom is 0.337 e. The third kappa shape index (κ3) is 3.26. The number of fused-ring (bicyclic) bond motifs is 1. The Morgan fingerprint density at radius 2 is 1.48 bits per heavy atom. The highest BCUT2D eigenvalue weighted by atomic mass is 16.4. The fraction of sp³-hybridized carbons (Fsp3) is 0.105. The topological polar surface area (TPSA) is 136 Å². The van der Waals surface area contributed by atoms with Crippen molar-refractivity contribution in [1.29, 1.82) is 5.26 Å². The first-order valence-corrected chi connectivity index (χ1v) is 7.65. The molecule has 1 aliphatic heterocycles. The molecule has 8 nitrogen and oxygen atoms in total. The summed E-state index contributed by atoms with van der Waals surface area (Å²) in [6, 6.07) is 10.1. The minimum absolute atomic E-state index is 0.0486. The molecule has 136 valence electrons. The van der Waals surface area contributed by atoms with E-state index in [0.29, 0.717) is 5.56 Å². The molecular weight excluding hydrogens is 352 g/mol. The molecule has 0 bridgehead atoms. The van der Waals surface area contributed by atoms with Gasteiger partial charge in [-0.15, -0.1) is 0 Å². The van der Waals surface area contributed by atoms with Gasteiger partial charge in [-0.2, -0.15) is 5.26 Å². The van der Waals surface area contributed by atoms with Crippen LogP contribution in [0.1, 0.15) is 53.9 Å². The van der Waals surface area contributed by atoms with Crippen LogP contribution < -0.4 is 4.90 Å². The van der Waals surface area contributed by atoms with Crippen molar-refractivity contribution in [2.24, 2.45) is 0 Å². The fourth-order valence-electron chi connectivity index (χ4n) is 2.80. The highest BCUT2D eigenvalue weighted by Gasteiger charge is 2.41. The number of rotatable bonds is 3. The summed E-state index contributed by atoms with van der Waals surface area (Å²) in [7, 11) is 0. The van der Waals surface area contributed by atoms with Crippen molar-refractivity contribution in [1.82, 2.24) is 0 Å². The monoisotopic (exact) mass is 366 g/mol. The smallest absolute Gasteiger partial charge is 0.337 e. The van der Waals surface area contributed by atoms with E-state index in [1.165, 1.54) is 37.3 Å². The molecular formula is C19H14N2O6. The molecule has 0 unspecified atom stereocenters. The van der Waals surface area contributed by atoms with Gasteiger partial charge in [0.05, 0.1) is 34.0 Å². The molecule has 2 N–H and O–H groups in total. The van der Waals surface area contributed by atoms with Crippen LogP contribution in [-0.4, -0.2) is 34.0 Å². The standard InChI is InChI=1S/C17H11NO6.C2H3N/c1-8-4-2-7-11(17(23)24)13(8)18-14(19)9-5-3-6-10(16(21)22)12(9)15(18)20;1-2-3/h2-7H,1H3,(H,21,22)(H,23,24);1H3. The lowest BCUT2D eigenvalue weighted by Crippen LogP contribution is -2.32. The lowest BCUT2D eigenvalue weighted by molar-refractivity contribution is 0.0683. The number of nitrogens with zero attached hydrogens (tertiary/aromatic N) is 2. The zero-order chi connectivity index (χ0) is 20.3. The van der Waals surface area contributed by atoms with Crippen LogP contribution >= 0.6 is 0 Å². The number of hydrogen-bond donors (Lipinski definition) is 2. The number of carbonyl (C=O) groups is 4. The Morgan fingerprint density at radius 1 is 0.963 bits per heavy atom. The van der Waals surface area contributed by atoms with Gasteiger partial charge in [-0.3, -0.25) is 9.59 Å². The molecule has 2 aromatic rings. The van der Waals surface area contributed by atoms with Gasteiger partial charge in [0.25, 0.3) is 11.8 Å². The number of carbonyl (C=O) groups excluding carboxylic acids is 2. The van der Waals surface area contributed by atoms with Crippen molar-refractivity contribution in [3.63, 3.8) is 0 Å². The van der Waals surface area contributed by atoms with Crippen molar-refractivity contribution in [3.05, 3.63) is 64.2 Å². The summed E-state index contributed by atoms with van der Waals surface area (Å²) in [6.07, 6.45) is 0. The van der Waals surface area contributed by atoms with Crippen molar-refractivity contribution in [2.45, 2.75) is 13.8 Å². The molecule has 2 amide bonds. The highest BCUT2D eigenvalue weighted by Crippen LogP contribution is 2.34. The average molecular weight is 366 g/mol. The minimum atomic E-state index is -1.34. The Labute approximate surface area is 153 Å². The summed E-state index contributed by atoms with van der Waals surface area (Å²) in [5, 5.41) is 25.9. The van der Waals surface area contributed by atoms with E-state index in [9.17, 15) is 29.4 Å². The number of hydrogen-bond acceptors (Lipinski definition) is 5. The highest BCUT2D eigenvalue weighted by molar-refractivity contribution is 6.37. The van der Waals surface area contributed by atoms with Crippen LogP contribution in [0.25, 0.3) is 0 Å². The van der Waals surface area contributed by atoms with E-state index in [-0.39, 0.29) is 27.9 Å². The number of amides is 2. The second-order valence-electron chi connectivity index (χ2n) is 5.48. The Bertz CT molecular complexity index is 1020. The summed E-state index contributed by atoms with van der Waals surface area (Å²) in [5.74, 6) is -4.21. The summed E-state index contributed by atoms with van der Waals surface area (Å²) in [4.78, 5) is 48.8. The Hall–Kier alpha value is -3.99. The van der Waals surface area contributed by atoms with Crippen LogP contribution in [0.3, 0.4) is 0 Å². The Balaban J connectivity index is 0.000000817. The van der Waals surface area contributed by atoms with E-state index in [4.69, 9.17) is 5.26 Å². The van der Waals surface area contributed by atoms with Crippen LogP contribution in [0, 0.1) is 18.3 Å². The molecule has 3 rings (SSSR count). The summed E-state index contributed by atoms with van der Waals surface area (Å²) >= 11 is 0. The van der Waals surface area contributed by atoms with Gasteiger partial charge in [0.2, 0.25) is 0 Å². The molecule has 1 heterocycles. The van der Waals surface area contributed by atoms with E-state index in [0.717, 1.165) is 4.90 Å². The minimum Gasteiger partial charge on any atom is -0.478 e. The van der Waals surface area contributed by atoms with Gasteiger partial charge in [-0.1, -0.05) is 18.2 Å². The van der Waals surface area contributed by atoms with E-state index in [1.54, 1.807) is 19.1 Å². The molecule has 0 atom stereocenters. The number of anilines is 1. The molecule has 8 heteroatoms. The number of para-hydroxylation sites is 1. The number of imide groups is 1. The third-order valence-corrected chi connectivity index (χ3v) is 3.84. The van der Waals surface area contributed by atoms with Crippen LogP contribution in [0.5, 0.6) is 0 Å². The maximum absolute atomic E-state index is 12.7. The zero-order valence-electron chi connectivity index (χ0n) is 14.4. The summed E-state index contributed by atoms with van der Waals surface area (Å²) < 4.78 is 0. The fourth-order valence-corrected chi connectivity index (χ4v) is 2.80. The summed E-state index contributed by atoms with van der Waals surface area (Å²) in [6.45, 7) is 3.00. The van der Waals surface area contributed by atoms with Gasteiger partial charge in [0.15, 0.2) is 0 Å². The van der Waals surface area contributed by atoms with Gasteiger partial charge < -0.3 is 10.2 Å². The lowest BCUT2D eigenvalue weighted by Gasteiger charge is -2.19. The molecule has 0 fully saturated rings. The van der Waals surface area contributed by atoms with Crippen LogP contribution in [0.2, 0.25) is 0 Å². The van der Waals surface area contributed by atoms with Crippen LogP contribution in [-0.2, 0) is 0 Å². The van der Waals surface area contributed by atoms with E-state index in [1.807, 2.05) is 0 Å². The predicted molar refractivity (Wildman–Crippen MR) is 94.0 cm³/mol. The quantitative estimate of drug-likeness (QED) is 0.797. The first-order valence-electron chi connectivity index (χ1n) is 7.65. The second-order valence-corrected chi connectivity index (χ2v) is 5.48. The van der Waals surface area contributed by atoms with Gasteiger partial charge >= 0.3 is 11.9 Å². The third-order valence-electron chi connectivity index (χ3n) is 3.84. The number of nitriles is 1. The van der Waals surface area contributed by atoms with Crippen molar-refractivity contribution in [3.8, 4) is 6.07 Å². The number of benzene rings is 2. The molecule has 27 heavy (non-hydrogen) atoms. The van der Waals surface area contributed by atoms with Crippen molar-refractivity contribution < 1.29 is 29.4 Å². The van der Waals surface area contributed by atoms with Gasteiger partial charge in [-0.05, 0) is 30.7 Å². The first kappa shape index (κ1) is 19.3. The number of carboxylic acids is 2. The second kappa shape index (κ2) is 7.49. The van der Waals surface area contributed by atoms with E-state index >= 15 is 0 Å². The average Bonchev–Trinajstić information content (AvgIpc) is 2.86. The Kier molecular flexibility index (Phi) is 5.37. The molecule has 0 saturated heterocycles. The maximum atomic E-state index is 12.7. The summed E-state index contributed by atoms with van der Waals surface area (Å²) in [5.41, 5.74) is -0.414. The van der Waals surface area contributed by atoms with Crippen LogP contribution in [0.15, 0.2) is 36.4 Å². The molecule has 1 aliphatic rings. The molecule has 0 spiro atoms. The van der Waals surface area contributed by atoms with Crippen LogP contribution in [0.4, 0.5) is 5.69 Å². The molecule has 0 radical (unpaired) electrons. The largest absolute Gasteiger partial charge is 0.478 e. The zero-order valence-corrected chi connectivity index (χ0v) is 14.4. The van der Waals surface area contributed by atoms with Gasteiger partial charge in [0, 0.05) is 6.92 Å². The molecule has 0 aromatic heterocycles. The molecule has 2 aromatic carbocycles. The SMILES string of the molecule is CC#N.Cc1cccc(C(=O)O)c1N1C(=O)c2cccc(C(=O)O)c2C1=O. The predicted octanol–water partition coefficient (Wildman–Crippen LogP) is 2.72. The number of aryl methyl sites for hydroxylation is 1. The van der Waals surface area contributed by atoms with Gasteiger partial charge in [-0.25, -0.2) is 14.5 Å². The molecule has 0 saturated carbocycles. The number of aromatic carboxylic acids is 2. The van der Waals surface area contributed by atoms with E-state index in [2.05, 4.69) is 0 Å². The first-order chi connectivity index (χ1) is 12.8.